The molecule has 3 aromatic heterocycles. The summed E-state index contributed by atoms with van der Waals surface area (Å²) in [6.07, 6.45) is 7.54. The van der Waals surface area contributed by atoms with Gasteiger partial charge in [0.1, 0.15) is 11.6 Å². The first-order valence-corrected chi connectivity index (χ1v) is 13.3. The summed E-state index contributed by atoms with van der Waals surface area (Å²) in [6.45, 7) is 15.9. The van der Waals surface area contributed by atoms with Gasteiger partial charge < -0.3 is 0 Å². The van der Waals surface area contributed by atoms with Gasteiger partial charge in [0.25, 0.3) is 0 Å². The van der Waals surface area contributed by atoms with Gasteiger partial charge >= 0.3 is 0 Å². The van der Waals surface area contributed by atoms with Crippen molar-refractivity contribution in [2.75, 3.05) is 0 Å². The summed E-state index contributed by atoms with van der Waals surface area (Å²) in [5.74, 6) is 1.71. The molecule has 0 atom stereocenters. The fourth-order valence-electron chi connectivity index (χ4n) is 5.78. The molecule has 0 spiro atoms. The molecule has 40 heavy (non-hydrogen) atoms. The monoisotopic (exact) mass is 513 g/mol. The van der Waals surface area contributed by atoms with Gasteiger partial charge in [-0.05, 0) is 82.9 Å². The van der Waals surface area contributed by atoms with Crippen LogP contribution in [0, 0.1) is 0 Å². The lowest BCUT2D eigenvalue weighted by Crippen LogP contribution is -2.03. The fourth-order valence-corrected chi connectivity index (χ4v) is 5.78. The van der Waals surface area contributed by atoms with E-state index in [4.69, 9.17) is 4.98 Å². The molecule has 0 radical (unpaired) electrons. The Labute approximate surface area is 232 Å². The van der Waals surface area contributed by atoms with E-state index in [9.17, 15) is 0 Å². The Hall–Kier alpha value is -5.41. The van der Waals surface area contributed by atoms with Crippen LogP contribution in [0.5, 0.6) is 0 Å². The number of nitrogens with zero attached hydrogens (tertiary/aromatic N) is 3. The van der Waals surface area contributed by atoms with Gasteiger partial charge in [0.15, 0.2) is 0 Å². The lowest BCUT2D eigenvalue weighted by atomic mass is 10.1. The summed E-state index contributed by atoms with van der Waals surface area (Å²) in [6, 6.07) is 32.0. The van der Waals surface area contributed by atoms with Crippen LogP contribution >= 0.6 is 0 Å². The maximum absolute atomic E-state index is 5.27. The van der Waals surface area contributed by atoms with Crippen LogP contribution in [0.3, 0.4) is 0 Å². The molecule has 0 bridgehead atoms. The number of hydrogen-bond donors (Lipinski definition) is 0. The molecule has 0 fully saturated rings. The van der Waals surface area contributed by atoms with E-state index in [0.717, 1.165) is 77.5 Å². The summed E-state index contributed by atoms with van der Waals surface area (Å²) in [7, 11) is 0. The van der Waals surface area contributed by atoms with Crippen molar-refractivity contribution in [1.29, 1.82) is 0 Å². The molecule has 3 heteroatoms. The largest absolute Gasteiger partial charge is 0.294 e. The van der Waals surface area contributed by atoms with Crippen molar-refractivity contribution in [2.24, 2.45) is 0 Å². The number of hydrogen-bond acceptors (Lipinski definition) is 1. The molecule has 7 aromatic rings. The maximum atomic E-state index is 5.27. The molecule has 0 aliphatic carbocycles. The highest BCUT2D eigenvalue weighted by atomic mass is 15.1. The minimum absolute atomic E-state index is 0.857. The molecule has 0 aliphatic rings. The first-order chi connectivity index (χ1) is 19.6. The molecule has 7 rings (SSSR count). The zero-order valence-electron chi connectivity index (χ0n) is 22.1. The Morgan fingerprint density at radius 2 is 0.725 bits per heavy atom. The molecule has 0 unspecified atom stereocenters. The van der Waals surface area contributed by atoms with Crippen molar-refractivity contribution in [1.82, 2.24) is 14.1 Å². The van der Waals surface area contributed by atoms with E-state index in [1.807, 2.05) is 24.3 Å². The number of pyridine rings is 1. The van der Waals surface area contributed by atoms with E-state index in [1.54, 1.807) is 0 Å². The highest BCUT2D eigenvalue weighted by Crippen LogP contribution is 2.36. The van der Waals surface area contributed by atoms with E-state index >= 15 is 0 Å². The Morgan fingerprint density at radius 3 is 1.00 bits per heavy atom. The molecule has 4 aromatic carbocycles. The third kappa shape index (κ3) is 3.49. The van der Waals surface area contributed by atoms with Gasteiger partial charge in [-0.15, -0.1) is 0 Å². The van der Waals surface area contributed by atoms with E-state index < -0.39 is 0 Å². The smallest absolute Gasteiger partial charge is 0.140 e. The predicted octanol–water partition coefficient (Wildman–Crippen LogP) is 9.85. The number of rotatable bonds is 6. The molecule has 3 nitrogen and oxygen atoms in total. The summed E-state index contributed by atoms with van der Waals surface area (Å²) in [5, 5.41) is 4.64. The average Bonchev–Trinajstić information content (AvgIpc) is 3.51. The average molecular weight is 514 g/mol. The quantitative estimate of drug-likeness (QED) is 0.217. The Balaban J connectivity index is 1.53. The second-order valence-electron chi connectivity index (χ2n) is 9.95. The van der Waals surface area contributed by atoms with E-state index in [0.29, 0.717) is 0 Å². The summed E-state index contributed by atoms with van der Waals surface area (Å²) < 4.78 is 4.49. The number of fused-ring (bicyclic) bond motifs is 6. The van der Waals surface area contributed by atoms with Crippen molar-refractivity contribution in [2.45, 2.75) is 0 Å². The second-order valence-corrected chi connectivity index (χ2v) is 9.95. The summed E-state index contributed by atoms with van der Waals surface area (Å²) in [5.41, 5.74) is 8.72. The van der Waals surface area contributed by atoms with Crippen molar-refractivity contribution < 1.29 is 0 Å². The Bertz CT molecular complexity index is 1900. The molecule has 3 heterocycles. The van der Waals surface area contributed by atoms with Crippen LogP contribution in [0.25, 0.3) is 79.6 Å². The van der Waals surface area contributed by atoms with E-state index in [1.165, 1.54) is 0 Å². The van der Waals surface area contributed by atoms with Crippen LogP contribution in [-0.2, 0) is 0 Å². The predicted molar refractivity (Wildman–Crippen MR) is 173 cm³/mol. The lowest BCUT2D eigenvalue weighted by molar-refractivity contribution is 1.01. The minimum Gasteiger partial charge on any atom is -0.294 e. The van der Waals surface area contributed by atoms with Crippen LogP contribution in [0.2, 0.25) is 0 Å². The van der Waals surface area contributed by atoms with Gasteiger partial charge in [-0.2, -0.15) is 0 Å². The van der Waals surface area contributed by atoms with Gasteiger partial charge in [-0.3, -0.25) is 9.13 Å². The van der Waals surface area contributed by atoms with E-state index in [2.05, 4.69) is 126 Å². The topological polar surface area (TPSA) is 22.8 Å². The molecular formula is C37H27N3. The highest BCUT2D eigenvalue weighted by molar-refractivity contribution is 6.11. The van der Waals surface area contributed by atoms with Crippen LogP contribution < -0.4 is 0 Å². The van der Waals surface area contributed by atoms with Crippen molar-refractivity contribution in [3.63, 3.8) is 0 Å². The number of benzene rings is 4. The van der Waals surface area contributed by atoms with Crippen molar-refractivity contribution in [3.05, 3.63) is 140 Å². The lowest BCUT2D eigenvalue weighted by Gasteiger charge is -2.12. The molecule has 0 saturated carbocycles. The van der Waals surface area contributed by atoms with Gasteiger partial charge in [0.2, 0.25) is 0 Å². The fraction of sp³-hybridized carbons (Fsp3) is 0. The van der Waals surface area contributed by atoms with Crippen LogP contribution in [0.15, 0.2) is 117 Å². The third-order valence-corrected chi connectivity index (χ3v) is 7.75. The first kappa shape index (κ1) is 23.7. The zero-order valence-corrected chi connectivity index (χ0v) is 22.1. The van der Waals surface area contributed by atoms with Crippen molar-refractivity contribution >= 4 is 67.9 Å². The van der Waals surface area contributed by atoms with Crippen LogP contribution in [-0.4, -0.2) is 14.1 Å². The van der Waals surface area contributed by atoms with Crippen molar-refractivity contribution in [3.8, 4) is 11.6 Å². The van der Waals surface area contributed by atoms with Gasteiger partial charge in [0, 0.05) is 21.5 Å². The van der Waals surface area contributed by atoms with Crippen LogP contribution in [0.1, 0.15) is 22.3 Å². The molecule has 0 amide bonds. The normalized spacial score (nSPS) is 11.4. The Morgan fingerprint density at radius 1 is 0.425 bits per heavy atom. The zero-order chi connectivity index (χ0) is 27.4. The maximum Gasteiger partial charge on any atom is 0.140 e. The third-order valence-electron chi connectivity index (χ3n) is 7.75. The molecule has 190 valence electrons. The molecular weight excluding hydrogens is 486 g/mol. The van der Waals surface area contributed by atoms with Crippen LogP contribution in [0.4, 0.5) is 0 Å². The second kappa shape index (κ2) is 9.11. The molecule has 0 saturated heterocycles. The first-order valence-electron chi connectivity index (χ1n) is 13.3. The highest BCUT2D eigenvalue weighted by Gasteiger charge is 2.17. The minimum atomic E-state index is 0.857. The number of aromatic nitrogens is 3. The van der Waals surface area contributed by atoms with Gasteiger partial charge in [-0.1, -0.05) is 81.0 Å². The van der Waals surface area contributed by atoms with E-state index in [-0.39, 0.29) is 0 Å². The molecule has 0 aliphatic heterocycles. The SMILES string of the molecule is C=Cc1ccc2c(c1)c1cc(C=C)ccc1n2-c1cccc(-n2c3ccc(C=C)cc3c3cc(C=C)ccc32)n1. The standard InChI is InChI=1S/C37H27N3/c1-5-24-12-16-32-28(20-24)29-21-25(6-2)13-17-33(29)39(32)36-10-9-11-37(38-36)40-34-18-14-26(7-3)22-30(34)31-23-27(8-4)15-19-35(31)40/h5-23H,1-4H2. The Kier molecular flexibility index (Phi) is 5.39. The van der Waals surface area contributed by atoms with Gasteiger partial charge in [-0.25, -0.2) is 4.98 Å². The summed E-state index contributed by atoms with van der Waals surface area (Å²) >= 11 is 0. The summed E-state index contributed by atoms with van der Waals surface area (Å²) in [4.78, 5) is 5.27. The van der Waals surface area contributed by atoms with Gasteiger partial charge in [0.05, 0.1) is 22.1 Å². The molecule has 0 N–H and O–H groups in total.